The van der Waals surface area contributed by atoms with Gasteiger partial charge in [-0.1, -0.05) is 30.4 Å². The highest BCUT2D eigenvalue weighted by Gasteiger charge is 2.35. The van der Waals surface area contributed by atoms with Crippen molar-refractivity contribution in [3.05, 3.63) is 105 Å². The number of hydrogen-bond acceptors (Lipinski definition) is 9. The first kappa shape index (κ1) is 40.3. The Labute approximate surface area is 339 Å². The monoisotopic (exact) mass is 788 g/mol. The average molecular weight is 789 g/mol. The molecule has 3 aromatic rings. The van der Waals surface area contributed by atoms with E-state index in [-0.39, 0.29) is 30.3 Å². The Morgan fingerprint density at radius 3 is 2.41 bits per heavy atom. The van der Waals surface area contributed by atoms with Crippen LogP contribution in [0.4, 0.5) is 26.2 Å². The number of allylic oxidation sites excluding steroid dienone is 2. The summed E-state index contributed by atoms with van der Waals surface area (Å²) in [5.74, 6) is -0.194. The second-order valence-electron chi connectivity index (χ2n) is 15.3. The van der Waals surface area contributed by atoms with Gasteiger partial charge in [-0.15, -0.1) is 0 Å². The molecule has 3 aromatic carbocycles. The Balaban J connectivity index is 0.901. The largest absolute Gasteiger partial charge is 0.474 e. The van der Waals surface area contributed by atoms with Crippen LogP contribution < -0.4 is 36.2 Å². The molecule has 0 aliphatic carbocycles. The van der Waals surface area contributed by atoms with Crippen LogP contribution >= 0.6 is 0 Å². The number of nitrogens with zero attached hydrogens (tertiary/aromatic N) is 5. The third-order valence-electron chi connectivity index (χ3n) is 11.6. The van der Waals surface area contributed by atoms with Crippen LogP contribution in [0.5, 0.6) is 0 Å². The predicted octanol–water partition coefficient (Wildman–Crippen LogP) is 4.21. The number of hydrogen-bond donors (Lipinski definition) is 3. The Kier molecular flexibility index (Phi) is 12.3. The summed E-state index contributed by atoms with van der Waals surface area (Å²) in [5, 5.41) is 11.3. The van der Waals surface area contributed by atoms with Crippen molar-refractivity contribution in [2.45, 2.75) is 52.6 Å². The molecule has 12 nitrogen and oxygen atoms in total. The lowest BCUT2D eigenvalue weighted by Gasteiger charge is -2.49. The van der Waals surface area contributed by atoms with Crippen molar-refractivity contribution in [1.82, 2.24) is 20.4 Å². The second-order valence-corrected chi connectivity index (χ2v) is 15.3. The van der Waals surface area contributed by atoms with Gasteiger partial charge in [0.05, 0.1) is 6.42 Å². The third kappa shape index (κ3) is 8.94. The SMILES string of the molecule is C=NC1=C(/C(C)=C(\C)c2ccc(=C/C)/c(=C\[C@H](C)Nc3ccc(CC(=O)N4CCN(C5CN(c6ccc(N7CCC(=O)NC7=O)cc6)C5)CC4)c(F)c3)c2)NCCO1. The number of nitrogens with one attached hydrogen (secondary N) is 3. The minimum absolute atomic E-state index is 0.0219. The lowest BCUT2D eigenvalue weighted by atomic mass is 9.98. The number of halogens is 1. The van der Waals surface area contributed by atoms with Crippen molar-refractivity contribution in [3.8, 4) is 0 Å². The number of urea groups is 1. The Bertz CT molecular complexity index is 2260. The maximum Gasteiger partial charge on any atom is 0.328 e. The summed E-state index contributed by atoms with van der Waals surface area (Å²) in [6, 6.07) is 19.2. The Morgan fingerprint density at radius 2 is 1.72 bits per heavy atom. The normalized spacial score (nSPS) is 19.6. The number of ether oxygens (including phenoxy) is 1. The summed E-state index contributed by atoms with van der Waals surface area (Å²) in [6.07, 6.45) is 4.53. The topological polar surface area (TPSA) is 122 Å². The minimum atomic E-state index is -0.398. The highest BCUT2D eigenvalue weighted by atomic mass is 19.1. The van der Waals surface area contributed by atoms with Crippen molar-refractivity contribution in [3.63, 3.8) is 0 Å². The van der Waals surface area contributed by atoms with E-state index in [1.54, 1.807) is 11.0 Å². The van der Waals surface area contributed by atoms with Gasteiger partial charge >= 0.3 is 6.03 Å². The van der Waals surface area contributed by atoms with E-state index in [2.05, 4.69) is 81.7 Å². The standard InChI is InChI=1S/C45H53FN8O4/c1-6-32-7-8-33(30(3)31(4)43-44(47-5)58-22-16-48-43)24-35(32)23-29(2)49-36-10-9-34(40(46)26-36)25-42(56)52-20-18-51(19-21-52)39-27-53(28-39)37-11-13-38(14-12-37)54-17-15-41(55)50-45(54)57/h6-14,23-24,26,29,39,48-49H,5,15-22,25,27-28H2,1-4H3,(H,50,55,57)/b31-30+,32-6-,35-23-/t29-/m0/s1. The minimum Gasteiger partial charge on any atom is -0.474 e. The van der Waals surface area contributed by atoms with Crippen LogP contribution in [0, 0.1) is 5.82 Å². The van der Waals surface area contributed by atoms with Gasteiger partial charge in [0, 0.05) is 87.9 Å². The number of piperazine rings is 1. The van der Waals surface area contributed by atoms with Crippen LogP contribution in [-0.2, 0) is 20.7 Å². The van der Waals surface area contributed by atoms with Crippen molar-refractivity contribution >= 4 is 59.4 Å². The number of aliphatic imine (C=N–C) groups is 1. The molecule has 0 spiro atoms. The number of benzene rings is 3. The van der Waals surface area contributed by atoms with Gasteiger partial charge in [0.15, 0.2) is 0 Å². The van der Waals surface area contributed by atoms with Crippen LogP contribution in [0.1, 0.15) is 45.2 Å². The number of anilines is 3. The van der Waals surface area contributed by atoms with Crippen LogP contribution in [0.15, 0.2) is 82.8 Å². The zero-order valence-electron chi connectivity index (χ0n) is 33.8. The lowest BCUT2D eigenvalue weighted by molar-refractivity contribution is -0.132. The molecule has 58 heavy (non-hydrogen) atoms. The molecular formula is C45H53FN8O4. The van der Waals surface area contributed by atoms with Crippen molar-refractivity contribution in [2.75, 3.05) is 74.1 Å². The van der Waals surface area contributed by atoms with E-state index < -0.39 is 5.82 Å². The van der Waals surface area contributed by atoms with Gasteiger partial charge in [0.1, 0.15) is 18.1 Å². The van der Waals surface area contributed by atoms with Gasteiger partial charge < -0.3 is 25.2 Å². The van der Waals surface area contributed by atoms with E-state index in [0.717, 1.165) is 70.4 Å². The molecule has 0 aromatic heterocycles. The molecular weight excluding hydrogens is 736 g/mol. The first-order chi connectivity index (χ1) is 28.0. The first-order valence-corrected chi connectivity index (χ1v) is 20.1. The maximum absolute atomic E-state index is 15.4. The summed E-state index contributed by atoms with van der Waals surface area (Å²) in [5.41, 5.74) is 6.96. The van der Waals surface area contributed by atoms with Gasteiger partial charge in [0.2, 0.25) is 17.7 Å². The Hall–Kier alpha value is -5.95. The van der Waals surface area contributed by atoms with E-state index in [4.69, 9.17) is 4.74 Å². The zero-order valence-corrected chi connectivity index (χ0v) is 33.8. The van der Waals surface area contributed by atoms with Gasteiger partial charge in [0.25, 0.3) is 0 Å². The van der Waals surface area contributed by atoms with Gasteiger partial charge in [-0.2, -0.15) is 0 Å². The quantitative estimate of drug-likeness (QED) is 0.248. The van der Waals surface area contributed by atoms with Crippen molar-refractivity contribution in [2.24, 2.45) is 4.99 Å². The molecule has 3 saturated heterocycles. The first-order valence-electron chi connectivity index (χ1n) is 20.1. The fourth-order valence-corrected chi connectivity index (χ4v) is 8.02. The molecule has 4 heterocycles. The number of amides is 4. The third-order valence-corrected chi connectivity index (χ3v) is 11.6. The molecule has 4 amide bonds. The van der Waals surface area contributed by atoms with Gasteiger partial charge in [-0.3, -0.25) is 24.7 Å². The molecule has 0 unspecified atom stereocenters. The van der Waals surface area contributed by atoms with Crippen molar-refractivity contribution < 1.29 is 23.5 Å². The van der Waals surface area contributed by atoms with E-state index in [0.29, 0.717) is 62.4 Å². The molecule has 3 fully saturated rings. The summed E-state index contributed by atoms with van der Waals surface area (Å²) in [6.45, 7) is 18.0. The van der Waals surface area contributed by atoms with Crippen LogP contribution in [0.25, 0.3) is 17.7 Å². The van der Waals surface area contributed by atoms with E-state index in [1.165, 1.54) is 6.07 Å². The van der Waals surface area contributed by atoms with Gasteiger partial charge in [-0.05, 0) is 110 Å². The molecule has 0 radical (unpaired) electrons. The average Bonchev–Trinajstić information content (AvgIpc) is 3.21. The molecule has 4 aliphatic heterocycles. The molecule has 13 heteroatoms. The fraction of sp³-hybridized carbons (Fsp3) is 0.378. The maximum atomic E-state index is 15.4. The van der Waals surface area contributed by atoms with Crippen molar-refractivity contribution in [1.29, 1.82) is 0 Å². The number of imide groups is 1. The molecule has 0 bridgehead atoms. The van der Waals surface area contributed by atoms with E-state index in [1.807, 2.05) is 49.1 Å². The smallest absolute Gasteiger partial charge is 0.328 e. The highest BCUT2D eigenvalue weighted by molar-refractivity contribution is 6.05. The lowest BCUT2D eigenvalue weighted by Crippen LogP contribution is -2.63. The summed E-state index contributed by atoms with van der Waals surface area (Å²) in [4.78, 5) is 49.2. The number of rotatable bonds is 11. The fourth-order valence-electron chi connectivity index (χ4n) is 8.02. The predicted molar refractivity (Wildman–Crippen MR) is 228 cm³/mol. The van der Waals surface area contributed by atoms with Crippen LogP contribution in [-0.4, -0.2) is 105 Å². The molecule has 304 valence electrons. The molecule has 4 aliphatic rings. The van der Waals surface area contributed by atoms with Crippen LogP contribution in [0.3, 0.4) is 0 Å². The Morgan fingerprint density at radius 1 is 0.983 bits per heavy atom. The molecule has 1 atom stereocenters. The van der Waals surface area contributed by atoms with E-state index in [9.17, 15) is 14.4 Å². The number of carbonyl (C=O) groups excluding carboxylic acids is 3. The highest BCUT2D eigenvalue weighted by Crippen LogP contribution is 2.28. The number of carbonyl (C=O) groups is 3. The summed E-state index contributed by atoms with van der Waals surface area (Å²) < 4.78 is 21.1. The molecule has 0 saturated carbocycles. The molecule has 7 rings (SSSR count). The summed E-state index contributed by atoms with van der Waals surface area (Å²) >= 11 is 0. The zero-order chi connectivity index (χ0) is 40.9. The second kappa shape index (κ2) is 17.7. The van der Waals surface area contributed by atoms with Crippen LogP contribution in [0.2, 0.25) is 0 Å². The van der Waals surface area contributed by atoms with Gasteiger partial charge in [-0.25, -0.2) is 14.2 Å². The van der Waals surface area contributed by atoms with E-state index >= 15 is 4.39 Å². The summed E-state index contributed by atoms with van der Waals surface area (Å²) in [7, 11) is 0. The molecule has 3 N–H and O–H groups in total.